The van der Waals surface area contributed by atoms with Crippen LogP contribution in [0.2, 0.25) is 0 Å². The minimum absolute atomic E-state index is 0.00342. The third-order valence-corrected chi connectivity index (χ3v) is 5.29. The number of nitrogens with one attached hydrogen (secondary N) is 2. The van der Waals surface area contributed by atoms with Gasteiger partial charge in [0.1, 0.15) is 0 Å². The number of anilines is 1. The second kappa shape index (κ2) is 10.3. The molecule has 0 aliphatic rings. The fourth-order valence-electron chi connectivity index (χ4n) is 2.66. The van der Waals surface area contributed by atoms with Crippen molar-refractivity contribution in [3.63, 3.8) is 0 Å². The molecule has 0 unspecified atom stereocenters. The summed E-state index contributed by atoms with van der Waals surface area (Å²) >= 11 is 1.42. The van der Waals surface area contributed by atoms with Gasteiger partial charge in [-0.15, -0.1) is 11.3 Å². The van der Waals surface area contributed by atoms with Crippen molar-refractivity contribution in [3.05, 3.63) is 86.1 Å². The summed E-state index contributed by atoms with van der Waals surface area (Å²) in [4.78, 5) is 36.3. The number of nitro groups is 1. The van der Waals surface area contributed by atoms with Crippen molar-refractivity contribution in [3.8, 4) is 5.75 Å². The van der Waals surface area contributed by atoms with E-state index in [0.717, 1.165) is 10.4 Å². The van der Waals surface area contributed by atoms with E-state index < -0.39 is 17.4 Å². The Morgan fingerprint density at radius 1 is 1.09 bits per heavy atom. The molecule has 0 saturated carbocycles. The highest BCUT2D eigenvalue weighted by atomic mass is 32.1. The lowest BCUT2D eigenvalue weighted by Crippen LogP contribution is -2.25. The first-order valence-corrected chi connectivity index (χ1v) is 10.3. The lowest BCUT2D eigenvalue weighted by molar-refractivity contribution is -0.385. The van der Waals surface area contributed by atoms with E-state index in [1.807, 2.05) is 13.0 Å². The first-order chi connectivity index (χ1) is 15.3. The molecule has 32 heavy (non-hydrogen) atoms. The van der Waals surface area contributed by atoms with Crippen molar-refractivity contribution in [1.29, 1.82) is 0 Å². The minimum atomic E-state index is -0.580. The highest BCUT2D eigenvalue weighted by Gasteiger charge is 2.15. The summed E-state index contributed by atoms with van der Waals surface area (Å²) in [6.07, 6.45) is 0. The maximum absolute atomic E-state index is 12.2. The van der Waals surface area contributed by atoms with Gasteiger partial charge in [-0.1, -0.05) is 24.3 Å². The number of amides is 2. The normalized spacial score (nSPS) is 11.0. The van der Waals surface area contributed by atoms with Gasteiger partial charge in [-0.05, 0) is 49.7 Å². The first-order valence-electron chi connectivity index (χ1n) is 9.51. The fourth-order valence-corrected chi connectivity index (χ4v) is 3.42. The molecule has 0 fully saturated rings. The standard InChI is InChI=1S/C22H20N4O5S/c1-14-7-12-20(32-14)22(28)23-17-10-8-16(9-11-17)15(2)24-25-21(27)13-31-19-6-4-3-5-18(19)26(29)30/h3-12H,13H2,1-2H3,(H,23,28)(H,25,27). The largest absolute Gasteiger partial charge is 0.477 e. The van der Waals surface area contributed by atoms with Crippen LogP contribution in [-0.4, -0.2) is 29.1 Å². The number of nitro benzene ring substituents is 1. The van der Waals surface area contributed by atoms with E-state index in [9.17, 15) is 19.7 Å². The summed E-state index contributed by atoms with van der Waals surface area (Å²) in [5, 5.41) is 17.8. The smallest absolute Gasteiger partial charge is 0.310 e. The van der Waals surface area contributed by atoms with Gasteiger partial charge in [-0.25, -0.2) is 5.43 Å². The van der Waals surface area contributed by atoms with E-state index in [0.29, 0.717) is 16.3 Å². The molecular formula is C22H20N4O5S. The SMILES string of the molecule is CC(=NNC(=O)COc1ccccc1[N+](=O)[O-])c1ccc(NC(=O)c2ccc(C)s2)cc1. The van der Waals surface area contributed by atoms with Crippen molar-refractivity contribution >= 4 is 40.2 Å². The van der Waals surface area contributed by atoms with Crippen LogP contribution in [-0.2, 0) is 4.79 Å². The van der Waals surface area contributed by atoms with Crippen molar-refractivity contribution in [2.45, 2.75) is 13.8 Å². The van der Waals surface area contributed by atoms with E-state index in [1.54, 1.807) is 43.3 Å². The Morgan fingerprint density at radius 3 is 2.47 bits per heavy atom. The summed E-state index contributed by atoms with van der Waals surface area (Å²) in [5.41, 5.74) is 4.06. The lowest BCUT2D eigenvalue weighted by atomic mass is 10.1. The Bertz CT molecular complexity index is 1170. The van der Waals surface area contributed by atoms with Crippen LogP contribution in [0.5, 0.6) is 5.75 Å². The summed E-state index contributed by atoms with van der Waals surface area (Å²) in [7, 11) is 0. The van der Waals surface area contributed by atoms with Gasteiger partial charge in [0.25, 0.3) is 11.8 Å². The van der Waals surface area contributed by atoms with Gasteiger partial charge in [0, 0.05) is 16.6 Å². The Labute approximate surface area is 187 Å². The summed E-state index contributed by atoms with van der Waals surface area (Å²) in [5.74, 6) is -0.728. The van der Waals surface area contributed by atoms with Crippen molar-refractivity contribution in [2.24, 2.45) is 5.10 Å². The maximum Gasteiger partial charge on any atom is 0.310 e. The van der Waals surface area contributed by atoms with Gasteiger partial charge in [-0.2, -0.15) is 5.10 Å². The Balaban J connectivity index is 1.53. The number of para-hydroxylation sites is 2. The van der Waals surface area contributed by atoms with Gasteiger partial charge in [-0.3, -0.25) is 19.7 Å². The number of hydrogen-bond donors (Lipinski definition) is 2. The predicted molar refractivity (Wildman–Crippen MR) is 122 cm³/mol. The number of thiophene rings is 1. The molecule has 3 aromatic rings. The van der Waals surface area contributed by atoms with E-state index in [4.69, 9.17) is 4.74 Å². The van der Waals surface area contributed by atoms with E-state index >= 15 is 0 Å². The monoisotopic (exact) mass is 452 g/mol. The number of hydrazone groups is 1. The highest BCUT2D eigenvalue weighted by Crippen LogP contribution is 2.25. The molecule has 2 N–H and O–H groups in total. The molecule has 0 aliphatic heterocycles. The third kappa shape index (κ3) is 5.99. The molecule has 0 bridgehead atoms. The molecule has 0 saturated heterocycles. The van der Waals surface area contributed by atoms with Crippen LogP contribution in [0, 0.1) is 17.0 Å². The van der Waals surface area contributed by atoms with E-state index in [-0.39, 0.29) is 17.3 Å². The average Bonchev–Trinajstić information content (AvgIpc) is 3.23. The second-order valence-electron chi connectivity index (χ2n) is 6.69. The second-order valence-corrected chi connectivity index (χ2v) is 7.98. The number of nitrogens with zero attached hydrogens (tertiary/aromatic N) is 2. The fraction of sp³-hybridized carbons (Fsp3) is 0.136. The number of benzene rings is 2. The zero-order valence-corrected chi connectivity index (χ0v) is 18.1. The summed E-state index contributed by atoms with van der Waals surface area (Å²) in [6, 6.07) is 16.5. The molecule has 9 nitrogen and oxygen atoms in total. The van der Waals surface area contributed by atoms with Crippen LogP contribution in [0.1, 0.15) is 27.0 Å². The van der Waals surface area contributed by atoms with Crippen molar-refractivity contribution < 1.29 is 19.2 Å². The van der Waals surface area contributed by atoms with Crippen LogP contribution < -0.4 is 15.5 Å². The quantitative estimate of drug-likeness (QED) is 0.302. The number of rotatable bonds is 8. The zero-order chi connectivity index (χ0) is 23.1. The summed E-state index contributed by atoms with van der Waals surface area (Å²) in [6.45, 7) is 3.23. The molecule has 0 aliphatic carbocycles. The van der Waals surface area contributed by atoms with E-state index in [2.05, 4.69) is 15.8 Å². The Morgan fingerprint density at radius 2 is 1.81 bits per heavy atom. The Kier molecular flexibility index (Phi) is 7.29. The number of hydrogen-bond acceptors (Lipinski definition) is 7. The zero-order valence-electron chi connectivity index (χ0n) is 17.3. The molecule has 0 atom stereocenters. The molecule has 10 heteroatoms. The van der Waals surface area contributed by atoms with Crippen LogP contribution in [0.15, 0.2) is 65.8 Å². The number of ether oxygens (including phenoxy) is 1. The maximum atomic E-state index is 12.2. The first kappa shape index (κ1) is 22.6. The molecule has 2 amide bonds. The number of aryl methyl sites for hydroxylation is 1. The van der Waals surface area contributed by atoms with Gasteiger partial charge in [0.15, 0.2) is 12.4 Å². The van der Waals surface area contributed by atoms with Gasteiger partial charge in [0.2, 0.25) is 0 Å². The predicted octanol–water partition coefficient (Wildman–Crippen LogP) is 4.14. The molecular weight excluding hydrogens is 432 g/mol. The summed E-state index contributed by atoms with van der Waals surface area (Å²) < 4.78 is 5.23. The molecule has 1 heterocycles. The van der Waals surface area contributed by atoms with Crippen LogP contribution >= 0.6 is 11.3 Å². The van der Waals surface area contributed by atoms with Crippen LogP contribution in [0.4, 0.5) is 11.4 Å². The highest BCUT2D eigenvalue weighted by molar-refractivity contribution is 7.14. The minimum Gasteiger partial charge on any atom is -0.477 e. The van der Waals surface area contributed by atoms with Crippen molar-refractivity contribution in [1.82, 2.24) is 5.43 Å². The van der Waals surface area contributed by atoms with Gasteiger partial charge in [0.05, 0.1) is 15.5 Å². The van der Waals surface area contributed by atoms with E-state index in [1.165, 1.54) is 29.5 Å². The molecule has 3 rings (SSSR count). The molecule has 164 valence electrons. The number of carbonyl (C=O) groups excluding carboxylic acids is 2. The van der Waals surface area contributed by atoms with Crippen molar-refractivity contribution in [2.75, 3.05) is 11.9 Å². The van der Waals surface area contributed by atoms with Gasteiger partial charge >= 0.3 is 5.69 Å². The van der Waals surface area contributed by atoms with Crippen LogP contribution in [0.3, 0.4) is 0 Å². The molecule has 0 radical (unpaired) electrons. The third-order valence-electron chi connectivity index (χ3n) is 4.29. The molecule has 1 aromatic heterocycles. The van der Waals surface area contributed by atoms with Gasteiger partial charge < -0.3 is 10.1 Å². The molecule has 2 aromatic carbocycles. The topological polar surface area (TPSA) is 123 Å². The average molecular weight is 452 g/mol. The lowest BCUT2D eigenvalue weighted by Gasteiger charge is -2.07. The van der Waals surface area contributed by atoms with Crippen LogP contribution in [0.25, 0.3) is 0 Å². The number of carbonyl (C=O) groups is 2. The Hall–Kier alpha value is -4.05. The molecule has 0 spiro atoms.